The molecular weight excluding hydrogens is 325 g/mol. The van der Waals surface area contributed by atoms with Crippen molar-refractivity contribution in [1.82, 2.24) is 10.5 Å². The van der Waals surface area contributed by atoms with Crippen LogP contribution in [0.5, 0.6) is 11.6 Å². The molecule has 1 fully saturated rings. The summed E-state index contributed by atoms with van der Waals surface area (Å²) in [5, 5.41) is 7.09. The zero-order chi connectivity index (χ0) is 17.0. The molecule has 1 N–H and O–H groups in total. The second kappa shape index (κ2) is 7.12. The van der Waals surface area contributed by atoms with E-state index in [1.165, 1.54) is 12.1 Å². The third-order valence-electron chi connectivity index (χ3n) is 3.69. The predicted molar refractivity (Wildman–Crippen MR) is 78.8 cm³/mol. The molecule has 5 nitrogen and oxygen atoms in total. The Kier molecular flexibility index (Phi) is 4.94. The van der Waals surface area contributed by atoms with Gasteiger partial charge in [-0.25, -0.2) is 0 Å². The summed E-state index contributed by atoms with van der Waals surface area (Å²) in [6, 6.07) is 6.41. The van der Waals surface area contributed by atoms with Crippen LogP contribution in [0.4, 0.5) is 13.2 Å². The van der Waals surface area contributed by atoms with Gasteiger partial charge in [-0.05, 0) is 48.8 Å². The average molecular weight is 342 g/mol. The van der Waals surface area contributed by atoms with Crippen LogP contribution in [-0.2, 0) is 12.8 Å². The van der Waals surface area contributed by atoms with Gasteiger partial charge in [0.15, 0.2) is 5.76 Å². The third kappa shape index (κ3) is 4.41. The molecule has 0 saturated carbocycles. The van der Waals surface area contributed by atoms with Gasteiger partial charge in [-0.3, -0.25) is 0 Å². The Morgan fingerprint density at radius 1 is 1.21 bits per heavy atom. The number of ether oxygens (including phenoxy) is 2. The van der Waals surface area contributed by atoms with Crippen molar-refractivity contribution in [2.24, 2.45) is 0 Å². The Morgan fingerprint density at radius 2 is 2.00 bits per heavy atom. The fourth-order valence-electron chi connectivity index (χ4n) is 2.41. The first kappa shape index (κ1) is 16.6. The smallest absolute Gasteiger partial charge is 0.416 e. The fourth-order valence-corrected chi connectivity index (χ4v) is 2.41. The van der Waals surface area contributed by atoms with Gasteiger partial charge >= 0.3 is 6.18 Å². The van der Waals surface area contributed by atoms with E-state index in [0.717, 1.165) is 31.5 Å². The molecule has 1 atom stereocenters. The number of rotatable bonds is 6. The number of hydrogen-bond donors (Lipinski definition) is 1. The first-order valence-electron chi connectivity index (χ1n) is 7.62. The summed E-state index contributed by atoms with van der Waals surface area (Å²) in [5.74, 6) is 1.12. The van der Waals surface area contributed by atoms with E-state index in [9.17, 15) is 13.2 Å². The van der Waals surface area contributed by atoms with Crippen molar-refractivity contribution >= 4 is 0 Å². The van der Waals surface area contributed by atoms with Crippen LogP contribution in [0, 0.1) is 0 Å². The molecule has 0 bridgehead atoms. The molecule has 8 heteroatoms. The van der Waals surface area contributed by atoms with E-state index in [2.05, 4.69) is 10.5 Å². The largest absolute Gasteiger partial charge is 0.486 e. The van der Waals surface area contributed by atoms with Gasteiger partial charge in [-0.1, -0.05) is 0 Å². The second-order valence-electron chi connectivity index (χ2n) is 5.55. The van der Waals surface area contributed by atoms with Crippen LogP contribution in [-0.4, -0.2) is 24.4 Å². The van der Waals surface area contributed by atoms with Gasteiger partial charge in [-0.2, -0.15) is 13.2 Å². The molecule has 1 aromatic heterocycles. The first-order chi connectivity index (χ1) is 11.5. The van der Waals surface area contributed by atoms with E-state index < -0.39 is 11.7 Å². The SMILES string of the molecule is FC(F)(F)c1ccc(OCc2cc(OCC3CCCN3)no2)cc1. The Balaban J connectivity index is 1.48. The second-order valence-corrected chi connectivity index (χ2v) is 5.55. The molecule has 2 heterocycles. The molecule has 24 heavy (non-hydrogen) atoms. The minimum absolute atomic E-state index is 0.0589. The maximum absolute atomic E-state index is 12.5. The van der Waals surface area contributed by atoms with Gasteiger partial charge in [-0.15, -0.1) is 0 Å². The summed E-state index contributed by atoms with van der Waals surface area (Å²) >= 11 is 0. The number of aromatic nitrogens is 1. The molecule has 0 radical (unpaired) electrons. The van der Waals surface area contributed by atoms with Crippen molar-refractivity contribution in [2.45, 2.75) is 31.7 Å². The van der Waals surface area contributed by atoms with E-state index in [0.29, 0.717) is 30.0 Å². The van der Waals surface area contributed by atoms with Crippen molar-refractivity contribution in [1.29, 1.82) is 0 Å². The molecule has 0 spiro atoms. The van der Waals surface area contributed by atoms with Crippen LogP contribution in [0.3, 0.4) is 0 Å². The highest BCUT2D eigenvalue weighted by molar-refractivity contribution is 5.29. The number of benzene rings is 1. The zero-order valence-electron chi connectivity index (χ0n) is 12.8. The van der Waals surface area contributed by atoms with Crippen molar-refractivity contribution in [3.63, 3.8) is 0 Å². The molecule has 1 aliphatic rings. The molecule has 2 aromatic rings. The van der Waals surface area contributed by atoms with Gasteiger partial charge in [0.05, 0.1) is 5.56 Å². The lowest BCUT2D eigenvalue weighted by Gasteiger charge is -2.09. The summed E-state index contributed by atoms with van der Waals surface area (Å²) in [4.78, 5) is 0. The van der Waals surface area contributed by atoms with Gasteiger partial charge in [0.2, 0.25) is 0 Å². The van der Waals surface area contributed by atoms with E-state index >= 15 is 0 Å². The lowest BCUT2D eigenvalue weighted by atomic mass is 10.2. The molecule has 0 amide bonds. The van der Waals surface area contributed by atoms with Gasteiger partial charge in [0, 0.05) is 12.1 Å². The maximum atomic E-state index is 12.5. The summed E-state index contributed by atoms with van der Waals surface area (Å²) < 4.78 is 53.4. The van der Waals surface area contributed by atoms with E-state index in [1.807, 2.05) is 0 Å². The third-order valence-corrected chi connectivity index (χ3v) is 3.69. The lowest BCUT2D eigenvalue weighted by molar-refractivity contribution is -0.137. The Hall–Kier alpha value is -2.22. The predicted octanol–water partition coefficient (Wildman–Crippen LogP) is 3.40. The van der Waals surface area contributed by atoms with E-state index in [-0.39, 0.29) is 6.61 Å². The summed E-state index contributed by atoms with van der Waals surface area (Å²) in [7, 11) is 0. The van der Waals surface area contributed by atoms with Crippen LogP contribution in [0.1, 0.15) is 24.2 Å². The molecule has 3 rings (SSSR count). The first-order valence-corrected chi connectivity index (χ1v) is 7.62. The Labute approximate surface area is 136 Å². The highest BCUT2D eigenvalue weighted by Gasteiger charge is 2.30. The lowest BCUT2D eigenvalue weighted by Crippen LogP contribution is -2.28. The highest BCUT2D eigenvalue weighted by Crippen LogP contribution is 2.30. The van der Waals surface area contributed by atoms with E-state index in [4.69, 9.17) is 14.0 Å². The molecular formula is C16H17F3N2O3. The Bertz CT molecular complexity index is 649. The van der Waals surface area contributed by atoms with E-state index in [1.54, 1.807) is 6.07 Å². The minimum Gasteiger partial charge on any atom is -0.486 e. The average Bonchev–Trinajstić information content (AvgIpc) is 3.22. The van der Waals surface area contributed by atoms with Gasteiger partial charge in [0.1, 0.15) is 19.0 Å². The summed E-state index contributed by atoms with van der Waals surface area (Å²) in [6.45, 7) is 1.58. The quantitative estimate of drug-likeness (QED) is 0.872. The standard InChI is InChI=1S/C16H17F3N2O3/c17-16(18,19)11-3-5-13(6-4-11)22-10-14-8-15(21-24-14)23-9-12-2-1-7-20-12/h3-6,8,12,20H,1-2,7,9-10H2. The van der Waals surface area contributed by atoms with Crippen LogP contribution in [0.2, 0.25) is 0 Å². The van der Waals surface area contributed by atoms with Crippen molar-refractivity contribution < 1.29 is 27.2 Å². The Morgan fingerprint density at radius 3 is 2.67 bits per heavy atom. The van der Waals surface area contributed by atoms with Crippen molar-refractivity contribution in [2.75, 3.05) is 13.2 Å². The fraction of sp³-hybridized carbons (Fsp3) is 0.438. The zero-order valence-corrected chi connectivity index (χ0v) is 12.8. The van der Waals surface area contributed by atoms with Gasteiger partial charge in [0.25, 0.3) is 5.88 Å². The molecule has 1 unspecified atom stereocenters. The van der Waals surface area contributed by atoms with Crippen LogP contribution in [0.15, 0.2) is 34.9 Å². The van der Waals surface area contributed by atoms with Crippen LogP contribution < -0.4 is 14.8 Å². The topological polar surface area (TPSA) is 56.5 Å². The number of halogens is 3. The monoisotopic (exact) mass is 342 g/mol. The van der Waals surface area contributed by atoms with Crippen molar-refractivity contribution in [3.8, 4) is 11.6 Å². The summed E-state index contributed by atoms with van der Waals surface area (Å²) in [5.41, 5.74) is -0.717. The maximum Gasteiger partial charge on any atom is 0.416 e. The summed E-state index contributed by atoms with van der Waals surface area (Å²) in [6.07, 6.45) is -2.15. The van der Waals surface area contributed by atoms with Crippen molar-refractivity contribution in [3.05, 3.63) is 41.7 Å². The number of nitrogens with one attached hydrogen (secondary N) is 1. The molecule has 130 valence electrons. The minimum atomic E-state index is -4.36. The number of nitrogens with zero attached hydrogens (tertiary/aromatic N) is 1. The van der Waals surface area contributed by atoms with Gasteiger partial charge < -0.3 is 19.3 Å². The number of hydrogen-bond acceptors (Lipinski definition) is 5. The highest BCUT2D eigenvalue weighted by atomic mass is 19.4. The molecule has 1 aromatic carbocycles. The van der Waals surface area contributed by atoms with Crippen LogP contribution >= 0.6 is 0 Å². The normalized spacial score (nSPS) is 17.9. The van der Waals surface area contributed by atoms with Crippen LogP contribution in [0.25, 0.3) is 0 Å². The number of alkyl halides is 3. The molecule has 0 aliphatic carbocycles. The molecule has 1 saturated heterocycles. The molecule has 1 aliphatic heterocycles.